The smallest absolute Gasteiger partial charge is 0.0162 e. The Morgan fingerprint density at radius 2 is 1.35 bits per heavy atom. The fraction of sp³-hybridized carbons (Fsp3) is 0.565. The zero-order valence-electron chi connectivity index (χ0n) is 14.6. The van der Waals surface area contributed by atoms with Gasteiger partial charge < -0.3 is 0 Å². The standard InChI is InChI=1S/C23H32/c1-3-18-5-7-20(8-6-18)17-21-11-15-23(16-12-21)22-13-9-19(4-2)10-14-22/h3-4,9-10,13-14,18,20-21,23H,1-2,5-8,11-12,15-17H2. The van der Waals surface area contributed by atoms with Crippen molar-refractivity contribution in [2.75, 3.05) is 0 Å². The molecule has 0 unspecified atom stereocenters. The molecule has 0 N–H and O–H groups in total. The lowest BCUT2D eigenvalue weighted by molar-refractivity contribution is 0.219. The van der Waals surface area contributed by atoms with E-state index < -0.39 is 0 Å². The molecule has 124 valence electrons. The van der Waals surface area contributed by atoms with Gasteiger partial charge in [0.25, 0.3) is 0 Å². The minimum Gasteiger partial charge on any atom is -0.103 e. The summed E-state index contributed by atoms with van der Waals surface area (Å²) in [7, 11) is 0. The van der Waals surface area contributed by atoms with E-state index in [-0.39, 0.29) is 0 Å². The lowest BCUT2D eigenvalue weighted by Gasteiger charge is -2.33. The van der Waals surface area contributed by atoms with Crippen LogP contribution in [0.3, 0.4) is 0 Å². The van der Waals surface area contributed by atoms with Gasteiger partial charge in [-0.3, -0.25) is 0 Å². The van der Waals surface area contributed by atoms with Crippen LogP contribution >= 0.6 is 0 Å². The molecule has 2 aliphatic rings. The molecule has 0 atom stereocenters. The second-order valence-corrected chi connectivity index (χ2v) is 7.84. The lowest BCUT2D eigenvalue weighted by atomic mass is 9.72. The maximum atomic E-state index is 3.97. The van der Waals surface area contributed by atoms with Gasteiger partial charge in [0, 0.05) is 0 Å². The fourth-order valence-corrected chi connectivity index (χ4v) is 4.77. The third-order valence-electron chi connectivity index (χ3n) is 6.38. The topological polar surface area (TPSA) is 0 Å². The van der Waals surface area contributed by atoms with E-state index >= 15 is 0 Å². The predicted octanol–water partition coefficient (Wildman–Crippen LogP) is 6.99. The van der Waals surface area contributed by atoms with E-state index in [1.165, 1.54) is 63.4 Å². The van der Waals surface area contributed by atoms with E-state index in [9.17, 15) is 0 Å². The minimum atomic E-state index is 0.793. The zero-order chi connectivity index (χ0) is 16.1. The highest BCUT2D eigenvalue weighted by Gasteiger charge is 2.26. The first-order valence-corrected chi connectivity index (χ1v) is 9.63. The first kappa shape index (κ1) is 16.6. The van der Waals surface area contributed by atoms with Crippen LogP contribution in [0.2, 0.25) is 0 Å². The van der Waals surface area contributed by atoms with Gasteiger partial charge in [0.05, 0.1) is 0 Å². The number of rotatable bonds is 5. The Balaban J connectivity index is 1.44. The van der Waals surface area contributed by atoms with Crippen LogP contribution in [-0.2, 0) is 0 Å². The quantitative estimate of drug-likeness (QED) is 0.514. The third kappa shape index (κ3) is 4.37. The van der Waals surface area contributed by atoms with Gasteiger partial charge in [0.2, 0.25) is 0 Å². The molecule has 0 aromatic heterocycles. The van der Waals surface area contributed by atoms with Gasteiger partial charge in [0.15, 0.2) is 0 Å². The molecule has 0 spiro atoms. The summed E-state index contributed by atoms with van der Waals surface area (Å²) < 4.78 is 0. The molecule has 23 heavy (non-hydrogen) atoms. The first-order chi connectivity index (χ1) is 11.3. The molecule has 0 heteroatoms. The molecule has 1 aromatic rings. The zero-order valence-corrected chi connectivity index (χ0v) is 14.6. The number of hydrogen-bond donors (Lipinski definition) is 0. The maximum Gasteiger partial charge on any atom is -0.0162 e. The van der Waals surface area contributed by atoms with Crippen molar-refractivity contribution in [2.24, 2.45) is 17.8 Å². The van der Waals surface area contributed by atoms with Gasteiger partial charge in [-0.05, 0) is 92.6 Å². The van der Waals surface area contributed by atoms with Crippen molar-refractivity contribution in [2.45, 2.75) is 63.7 Å². The van der Waals surface area contributed by atoms with Gasteiger partial charge in [-0.2, -0.15) is 0 Å². The van der Waals surface area contributed by atoms with Crippen molar-refractivity contribution >= 4 is 6.08 Å². The van der Waals surface area contributed by atoms with Gasteiger partial charge in [-0.25, -0.2) is 0 Å². The SMILES string of the molecule is C=Cc1ccc(C2CCC(CC3CCC(C=C)CC3)CC2)cc1. The lowest BCUT2D eigenvalue weighted by Crippen LogP contribution is -2.20. The number of hydrogen-bond acceptors (Lipinski definition) is 0. The summed E-state index contributed by atoms with van der Waals surface area (Å²) in [6, 6.07) is 9.07. The first-order valence-electron chi connectivity index (χ1n) is 9.63. The molecule has 2 fully saturated rings. The van der Waals surface area contributed by atoms with Crippen LogP contribution in [0, 0.1) is 17.8 Å². The highest BCUT2D eigenvalue weighted by molar-refractivity contribution is 5.47. The summed E-state index contributed by atoms with van der Waals surface area (Å²) >= 11 is 0. The summed E-state index contributed by atoms with van der Waals surface area (Å²) in [4.78, 5) is 0. The van der Waals surface area contributed by atoms with E-state index in [2.05, 4.69) is 43.5 Å². The van der Waals surface area contributed by atoms with Gasteiger partial charge in [0.1, 0.15) is 0 Å². The molecule has 0 nitrogen and oxygen atoms in total. The second kappa shape index (κ2) is 7.99. The van der Waals surface area contributed by atoms with Crippen molar-refractivity contribution in [1.82, 2.24) is 0 Å². The van der Waals surface area contributed by atoms with Crippen LogP contribution in [0.15, 0.2) is 43.5 Å². The van der Waals surface area contributed by atoms with Crippen molar-refractivity contribution in [3.05, 3.63) is 54.6 Å². The van der Waals surface area contributed by atoms with Gasteiger partial charge in [-0.15, -0.1) is 6.58 Å². The van der Waals surface area contributed by atoms with E-state index in [0.717, 1.165) is 23.7 Å². The summed E-state index contributed by atoms with van der Waals surface area (Å²) in [5.74, 6) is 3.59. The van der Waals surface area contributed by atoms with Crippen LogP contribution < -0.4 is 0 Å². The molecule has 0 saturated heterocycles. The van der Waals surface area contributed by atoms with Crippen molar-refractivity contribution in [1.29, 1.82) is 0 Å². The average molecular weight is 309 g/mol. The fourth-order valence-electron chi connectivity index (χ4n) is 4.77. The summed E-state index contributed by atoms with van der Waals surface area (Å²) in [6.45, 7) is 7.81. The Hall–Kier alpha value is -1.30. The number of allylic oxidation sites excluding steroid dienone is 1. The van der Waals surface area contributed by atoms with Crippen LogP contribution in [0.5, 0.6) is 0 Å². The molecule has 3 rings (SSSR count). The Morgan fingerprint density at radius 3 is 1.87 bits per heavy atom. The molecule has 0 amide bonds. The average Bonchev–Trinajstić information content (AvgIpc) is 2.63. The Kier molecular flexibility index (Phi) is 5.75. The van der Waals surface area contributed by atoms with Gasteiger partial charge >= 0.3 is 0 Å². The molecular weight excluding hydrogens is 276 g/mol. The van der Waals surface area contributed by atoms with Crippen molar-refractivity contribution in [3.63, 3.8) is 0 Å². The molecular formula is C23H32. The molecule has 0 aliphatic heterocycles. The van der Waals surface area contributed by atoms with Crippen molar-refractivity contribution in [3.8, 4) is 0 Å². The molecule has 0 heterocycles. The molecule has 2 saturated carbocycles. The Morgan fingerprint density at radius 1 is 0.783 bits per heavy atom. The highest BCUT2D eigenvalue weighted by atomic mass is 14.3. The van der Waals surface area contributed by atoms with Gasteiger partial charge in [-0.1, -0.05) is 43.0 Å². The minimum absolute atomic E-state index is 0.793. The summed E-state index contributed by atoms with van der Waals surface area (Å²) in [6.07, 6.45) is 16.9. The highest BCUT2D eigenvalue weighted by Crippen LogP contribution is 2.41. The number of benzene rings is 1. The third-order valence-corrected chi connectivity index (χ3v) is 6.38. The van der Waals surface area contributed by atoms with E-state index in [1.807, 2.05) is 6.08 Å². The molecule has 0 radical (unpaired) electrons. The van der Waals surface area contributed by atoms with E-state index in [0.29, 0.717) is 0 Å². The molecule has 0 bridgehead atoms. The van der Waals surface area contributed by atoms with Crippen LogP contribution in [0.1, 0.15) is 74.8 Å². The monoisotopic (exact) mass is 308 g/mol. The van der Waals surface area contributed by atoms with Crippen molar-refractivity contribution < 1.29 is 0 Å². The maximum absolute atomic E-state index is 3.97. The Labute approximate surface area is 142 Å². The summed E-state index contributed by atoms with van der Waals surface area (Å²) in [5, 5.41) is 0. The summed E-state index contributed by atoms with van der Waals surface area (Å²) in [5.41, 5.74) is 2.78. The second-order valence-electron chi connectivity index (χ2n) is 7.84. The van der Waals surface area contributed by atoms with Crippen LogP contribution in [-0.4, -0.2) is 0 Å². The largest absolute Gasteiger partial charge is 0.103 e. The van der Waals surface area contributed by atoms with Crippen LogP contribution in [0.4, 0.5) is 0 Å². The molecule has 2 aliphatic carbocycles. The Bertz CT molecular complexity index is 493. The normalized spacial score (nSPS) is 31.5. The van der Waals surface area contributed by atoms with E-state index in [1.54, 1.807) is 5.56 Å². The molecule has 1 aromatic carbocycles. The van der Waals surface area contributed by atoms with Crippen LogP contribution in [0.25, 0.3) is 6.08 Å². The van der Waals surface area contributed by atoms with E-state index in [4.69, 9.17) is 0 Å². The predicted molar refractivity (Wildman–Crippen MR) is 101 cm³/mol.